The molecule has 0 aliphatic heterocycles. The zero-order valence-electron chi connectivity index (χ0n) is 16.4. The Labute approximate surface area is 170 Å². The van der Waals surface area contributed by atoms with Crippen LogP contribution in [0.25, 0.3) is 0 Å². The standard InChI is InChI=1S/C24H24N2O3/c1-2-29-22-15-9-19(10-16-22)24(28)26-21-13-11-20(12-14-21)25-23(27)17-8-18-6-4-3-5-7-18/h3-7,9-16H,2,8,17H2,1H3,(H,25,27)(H,26,28). The number of amides is 2. The summed E-state index contributed by atoms with van der Waals surface area (Å²) in [5.74, 6) is 0.490. The first kappa shape index (κ1) is 20.1. The van der Waals surface area contributed by atoms with Crippen LogP contribution >= 0.6 is 0 Å². The van der Waals surface area contributed by atoms with E-state index in [1.165, 1.54) is 0 Å². The predicted molar refractivity (Wildman–Crippen MR) is 115 cm³/mol. The third-order valence-corrected chi connectivity index (χ3v) is 4.34. The Morgan fingerprint density at radius 1 is 0.793 bits per heavy atom. The smallest absolute Gasteiger partial charge is 0.255 e. The number of aryl methyl sites for hydroxylation is 1. The molecule has 0 heterocycles. The zero-order chi connectivity index (χ0) is 20.5. The largest absolute Gasteiger partial charge is 0.494 e. The number of rotatable bonds is 8. The fourth-order valence-electron chi connectivity index (χ4n) is 2.84. The molecule has 2 amide bonds. The van der Waals surface area contributed by atoms with Gasteiger partial charge in [0.15, 0.2) is 0 Å². The fourth-order valence-corrected chi connectivity index (χ4v) is 2.84. The summed E-state index contributed by atoms with van der Waals surface area (Å²) in [5.41, 5.74) is 3.04. The fraction of sp³-hybridized carbons (Fsp3) is 0.167. The van der Waals surface area contributed by atoms with Crippen molar-refractivity contribution in [3.05, 3.63) is 90.0 Å². The monoisotopic (exact) mass is 388 g/mol. The van der Waals surface area contributed by atoms with E-state index < -0.39 is 0 Å². The molecule has 29 heavy (non-hydrogen) atoms. The molecule has 2 N–H and O–H groups in total. The number of ether oxygens (including phenoxy) is 1. The van der Waals surface area contributed by atoms with Gasteiger partial charge in [-0.3, -0.25) is 9.59 Å². The molecule has 0 atom stereocenters. The molecule has 3 aromatic rings. The van der Waals surface area contributed by atoms with E-state index in [-0.39, 0.29) is 11.8 Å². The first-order valence-corrected chi connectivity index (χ1v) is 9.62. The minimum absolute atomic E-state index is 0.0416. The van der Waals surface area contributed by atoms with Gasteiger partial charge in [0.25, 0.3) is 5.91 Å². The van der Waals surface area contributed by atoms with Gasteiger partial charge >= 0.3 is 0 Å². The lowest BCUT2D eigenvalue weighted by Gasteiger charge is -2.09. The van der Waals surface area contributed by atoms with Gasteiger partial charge in [-0.1, -0.05) is 30.3 Å². The normalized spacial score (nSPS) is 10.2. The first-order chi connectivity index (χ1) is 14.1. The highest BCUT2D eigenvalue weighted by molar-refractivity contribution is 6.04. The SMILES string of the molecule is CCOc1ccc(C(=O)Nc2ccc(NC(=O)CCc3ccccc3)cc2)cc1. The Bertz CT molecular complexity index is 936. The summed E-state index contributed by atoms with van der Waals surface area (Å²) in [6.45, 7) is 2.50. The van der Waals surface area contributed by atoms with Gasteiger partial charge in [0.05, 0.1) is 6.61 Å². The molecule has 0 fully saturated rings. The number of benzene rings is 3. The van der Waals surface area contributed by atoms with Gasteiger partial charge in [-0.05, 0) is 67.4 Å². The second-order valence-electron chi connectivity index (χ2n) is 6.52. The molecule has 0 aliphatic rings. The molecule has 3 rings (SSSR count). The molecule has 3 aromatic carbocycles. The first-order valence-electron chi connectivity index (χ1n) is 9.62. The van der Waals surface area contributed by atoms with E-state index in [4.69, 9.17) is 4.74 Å². The predicted octanol–water partition coefficient (Wildman–Crippen LogP) is 4.91. The molecule has 148 valence electrons. The summed E-state index contributed by atoms with van der Waals surface area (Å²) < 4.78 is 5.38. The maximum atomic E-state index is 12.3. The number of anilines is 2. The average molecular weight is 388 g/mol. The molecule has 0 aliphatic carbocycles. The quantitative estimate of drug-likeness (QED) is 0.576. The van der Waals surface area contributed by atoms with Gasteiger partial charge in [-0.25, -0.2) is 0 Å². The van der Waals surface area contributed by atoms with E-state index in [1.807, 2.05) is 37.3 Å². The highest BCUT2D eigenvalue weighted by atomic mass is 16.5. The topological polar surface area (TPSA) is 67.4 Å². The van der Waals surface area contributed by atoms with E-state index in [9.17, 15) is 9.59 Å². The molecule has 0 spiro atoms. The van der Waals surface area contributed by atoms with E-state index in [0.717, 1.165) is 11.3 Å². The Kier molecular flexibility index (Phi) is 7.00. The molecule has 0 unspecified atom stereocenters. The second kappa shape index (κ2) is 10.1. The van der Waals surface area contributed by atoms with Gasteiger partial charge in [-0.15, -0.1) is 0 Å². The van der Waals surface area contributed by atoms with Crippen molar-refractivity contribution in [2.75, 3.05) is 17.2 Å². The third kappa shape index (κ3) is 6.21. The van der Waals surface area contributed by atoms with Crippen molar-refractivity contribution >= 4 is 23.2 Å². The zero-order valence-corrected chi connectivity index (χ0v) is 16.4. The van der Waals surface area contributed by atoms with Crippen LogP contribution in [-0.4, -0.2) is 18.4 Å². The number of hydrogen-bond acceptors (Lipinski definition) is 3. The summed E-state index contributed by atoms with van der Waals surface area (Å²) in [7, 11) is 0. The lowest BCUT2D eigenvalue weighted by Crippen LogP contribution is -2.13. The molecule has 0 saturated heterocycles. The average Bonchev–Trinajstić information content (AvgIpc) is 2.75. The van der Waals surface area contributed by atoms with Gasteiger partial charge in [0.1, 0.15) is 5.75 Å². The van der Waals surface area contributed by atoms with Crippen LogP contribution in [0.4, 0.5) is 11.4 Å². The highest BCUT2D eigenvalue weighted by Gasteiger charge is 2.07. The summed E-state index contributed by atoms with van der Waals surface area (Å²) in [5, 5.41) is 5.72. The van der Waals surface area contributed by atoms with Crippen molar-refractivity contribution in [2.45, 2.75) is 19.8 Å². The molecular weight excluding hydrogens is 364 g/mol. The molecular formula is C24H24N2O3. The van der Waals surface area contributed by atoms with Crippen LogP contribution in [0.3, 0.4) is 0 Å². The highest BCUT2D eigenvalue weighted by Crippen LogP contribution is 2.17. The van der Waals surface area contributed by atoms with Gasteiger partial charge in [-0.2, -0.15) is 0 Å². The molecule has 5 heteroatoms. The molecule has 0 saturated carbocycles. The lowest BCUT2D eigenvalue weighted by molar-refractivity contribution is -0.116. The number of carbonyl (C=O) groups is 2. The van der Waals surface area contributed by atoms with E-state index in [1.54, 1.807) is 48.5 Å². The summed E-state index contributed by atoms with van der Waals surface area (Å²) in [6.07, 6.45) is 1.11. The van der Waals surface area contributed by atoms with Crippen LogP contribution in [0.2, 0.25) is 0 Å². The minimum Gasteiger partial charge on any atom is -0.494 e. The van der Waals surface area contributed by atoms with Gasteiger partial charge in [0, 0.05) is 23.4 Å². The summed E-state index contributed by atoms with van der Waals surface area (Å²) in [6, 6.07) is 24.0. The minimum atomic E-state index is -0.201. The Hall–Kier alpha value is -3.60. The van der Waals surface area contributed by atoms with Crippen LogP contribution in [0.15, 0.2) is 78.9 Å². The maximum absolute atomic E-state index is 12.3. The van der Waals surface area contributed by atoms with E-state index in [2.05, 4.69) is 10.6 Å². The van der Waals surface area contributed by atoms with Crippen molar-refractivity contribution in [3.63, 3.8) is 0 Å². The third-order valence-electron chi connectivity index (χ3n) is 4.34. The Balaban J connectivity index is 1.50. The van der Waals surface area contributed by atoms with Crippen molar-refractivity contribution < 1.29 is 14.3 Å². The van der Waals surface area contributed by atoms with Crippen LogP contribution in [0.1, 0.15) is 29.3 Å². The van der Waals surface area contributed by atoms with E-state index in [0.29, 0.717) is 36.4 Å². The van der Waals surface area contributed by atoms with Crippen molar-refractivity contribution in [1.29, 1.82) is 0 Å². The van der Waals surface area contributed by atoms with Crippen LogP contribution in [0, 0.1) is 0 Å². The molecule has 0 radical (unpaired) electrons. The van der Waals surface area contributed by atoms with Crippen LogP contribution in [0.5, 0.6) is 5.75 Å². The van der Waals surface area contributed by atoms with Crippen molar-refractivity contribution in [1.82, 2.24) is 0 Å². The van der Waals surface area contributed by atoms with Crippen LogP contribution < -0.4 is 15.4 Å². The number of hydrogen-bond donors (Lipinski definition) is 2. The lowest BCUT2D eigenvalue weighted by atomic mass is 10.1. The molecule has 5 nitrogen and oxygen atoms in total. The Morgan fingerprint density at radius 3 is 2.03 bits per heavy atom. The second-order valence-corrected chi connectivity index (χ2v) is 6.52. The summed E-state index contributed by atoms with van der Waals surface area (Å²) >= 11 is 0. The maximum Gasteiger partial charge on any atom is 0.255 e. The molecule has 0 bridgehead atoms. The van der Waals surface area contributed by atoms with E-state index >= 15 is 0 Å². The van der Waals surface area contributed by atoms with Gasteiger partial charge in [0.2, 0.25) is 5.91 Å². The molecule has 0 aromatic heterocycles. The van der Waals surface area contributed by atoms with Crippen LogP contribution in [-0.2, 0) is 11.2 Å². The number of nitrogens with one attached hydrogen (secondary N) is 2. The Morgan fingerprint density at radius 2 is 1.41 bits per heavy atom. The summed E-state index contributed by atoms with van der Waals surface area (Å²) in [4.78, 5) is 24.5. The van der Waals surface area contributed by atoms with Gasteiger partial charge < -0.3 is 15.4 Å². The van der Waals surface area contributed by atoms with Crippen molar-refractivity contribution in [2.24, 2.45) is 0 Å². The number of carbonyl (C=O) groups excluding carboxylic acids is 2. The van der Waals surface area contributed by atoms with Crippen molar-refractivity contribution in [3.8, 4) is 5.75 Å².